The van der Waals surface area contributed by atoms with Gasteiger partial charge in [0.05, 0.1) is 11.1 Å². The zero-order chi connectivity index (χ0) is 43.5. The fourth-order valence-electron chi connectivity index (χ4n) is 15.1. The van der Waals surface area contributed by atoms with Crippen LogP contribution in [0.1, 0.15) is 84.0 Å². The molecule has 0 aromatic heterocycles. The highest BCUT2D eigenvalue weighted by molar-refractivity contribution is 5.99. The van der Waals surface area contributed by atoms with E-state index in [0.717, 1.165) is 5.92 Å². The third kappa shape index (κ3) is 4.47. The molecule has 0 amide bonds. The van der Waals surface area contributed by atoms with Gasteiger partial charge in [0.25, 0.3) is 0 Å². The van der Waals surface area contributed by atoms with Gasteiger partial charge in [-0.05, 0) is 156 Å². The molecule has 1 nitrogen and oxygen atoms in total. The molecular formula is C65H49N. The fraction of sp³-hybridized carbons (Fsp3) is 0.169. The molecule has 3 unspecified atom stereocenters. The lowest BCUT2D eigenvalue weighted by Crippen LogP contribution is -2.32. The van der Waals surface area contributed by atoms with Crippen molar-refractivity contribution in [3.05, 3.63) is 245 Å². The molecule has 2 fully saturated rings. The monoisotopic (exact) mass is 843 g/mol. The van der Waals surface area contributed by atoms with Crippen molar-refractivity contribution in [2.75, 3.05) is 4.90 Å². The Morgan fingerprint density at radius 2 is 0.818 bits per heavy atom. The van der Waals surface area contributed by atoms with Crippen LogP contribution in [0.2, 0.25) is 0 Å². The molecule has 314 valence electrons. The van der Waals surface area contributed by atoms with Gasteiger partial charge in [-0.2, -0.15) is 0 Å². The van der Waals surface area contributed by atoms with Crippen LogP contribution >= 0.6 is 0 Å². The lowest BCUT2D eigenvalue weighted by Gasteiger charge is -2.37. The Morgan fingerprint density at radius 1 is 0.379 bits per heavy atom. The van der Waals surface area contributed by atoms with Crippen molar-refractivity contribution >= 4 is 17.1 Å². The summed E-state index contributed by atoms with van der Waals surface area (Å²) >= 11 is 0. The summed E-state index contributed by atoms with van der Waals surface area (Å²) < 4.78 is 0. The first-order chi connectivity index (χ1) is 32.5. The van der Waals surface area contributed by atoms with E-state index in [2.05, 4.69) is 219 Å². The largest absolute Gasteiger partial charge is 0.310 e. The van der Waals surface area contributed by atoms with Crippen molar-refractivity contribution < 1.29 is 0 Å². The number of benzene rings is 9. The van der Waals surface area contributed by atoms with Crippen LogP contribution < -0.4 is 4.90 Å². The minimum atomic E-state index is -0.441. The Hall–Kier alpha value is -7.22. The first-order valence-corrected chi connectivity index (χ1v) is 24.3. The summed E-state index contributed by atoms with van der Waals surface area (Å²) in [4.78, 5) is 2.64. The van der Waals surface area contributed by atoms with Crippen LogP contribution in [0.25, 0.3) is 55.6 Å². The maximum atomic E-state index is 2.64. The SMILES string of the molecule is CC1(C)c2ccccc2-c2cccc(-c3ccccc3N(c3ccc4c(c3)C3(c5ccccc5-c5ccccc53)c3ccccc3-4)c3ccc4c(c3)C3(CC5CCC3C5)c3ccccc3-4)c21. The van der Waals surface area contributed by atoms with Crippen LogP contribution in [-0.2, 0) is 16.2 Å². The van der Waals surface area contributed by atoms with Gasteiger partial charge >= 0.3 is 0 Å². The standard InChI is InChI=1S/C65H49N/c1-63(2)54-24-9-3-20-48(54)52-22-15-23-53(62(52)63)51-21-8-14-29-61(51)66(42-32-34-49-44-16-4-10-25-55(44)64(59(49)37-42)39-40-30-31-41(64)36-40)43-33-35-50-47-19-7-13-28-58(47)65(60(50)38-43)56-26-11-5-17-45(56)46-18-6-12-27-57(46)65/h3-29,32-35,37-38,40-41H,30-31,36,39H2,1-2H3. The molecule has 6 aliphatic carbocycles. The first-order valence-electron chi connectivity index (χ1n) is 24.3. The Balaban J connectivity index is 1.01. The van der Waals surface area contributed by atoms with Gasteiger partial charge in [-0.25, -0.2) is 0 Å². The molecule has 1 heteroatoms. The minimum Gasteiger partial charge on any atom is -0.310 e. The van der Waals surface area contributed by atoms with Gasteiger partial charge in [0.1, 0.15) is 0 Å². The lowest BCUT2D eigenvalue weighted by molar-refractivity contribution is 0.327. The van der Waals surface area contributed by atoms with E-state index >= 15 is 0 Å². The zero-order valence-corrected chi connectivity index (χ0v) is 37.5. The van der Waals surface area contributed by atoms with Crippen molar-refractivity contribution in [3.8, 4) is 55.6 Å². The van der Waals surface area contributed by atoms with Crippen molar-refractivity contribution in [2.24, 2.45) is 11.8 Å². The number of hydrogen-bond acceptors (Lipinski definition) is 1. The number of hydrogen-bond donors (Lipinski definition) is 0. The van der Waals surface area contributed by atoms with Gasteiger partial charge in [-0.1, -0.05) is 190 Å². The number of nitrogens with zero attached hydrogens (tertiary/aromatic N) is 1. The summed E-state index contributed by atoms with van der Waals surface area (Å²) in [5, 5.41) is 0. The lowest BCUT2D eigenvalue weighted by atomic mass is 9.67. The van der Waals surface area contributed by atoms with E-state index in [1.54, 1.807) is 5.56 Å². The Kier molecular flexibility index (Phi) is 7.29. The average molecular weight is 844 g/mol. The Labute approximate surface area is 388 Å². The van der Waals surface area contributed by atoms with Crippen molar-refractivity contribution in [3.63, 3.8) is 0 Å². The van der Waals surface area contributed by atoms with Crippen LogP contribution in [0, 0.1) is 11.8 Å². The highest BCUT2D eigenvalue weighted by atomic mass is 15.1. The highest BCUT2D eigenvalue weighted by Crippen LogP contribution is 2.67. The fourth-order valence-corrected chi connectivity index (χ4v) is 15.1. The first kappa shape index (κ1) is 37.0. The van der Waals surface area contributed by atoms with Gasteiger partial charge in [-0.3, -0.25) is 0 Å². The molecular weight excluding hydrogens is 795 g/mol. The molecule has 9 aromatic rings. The topological polar surface area (TPSA) is 3.24 Å². The van der Waals surface area contributed by atoms with Gasteiger partial charge in [0.2, 0.25) is 0 Å². The highest BCUT2D eigenvalue weighted by Gasteiger charge is 2.57. The second kappa shape index (κ2) is 13.0. The van der Waals surface area contributed by atoms with Gasteiger partial charge in [0, 0.05) is 27.8 Å². The van der Waals surface area contributed by atoms with Crippen LogP contribution in [-0.4, -0.2) is 0 Å². The quantitative estimate of drug-likeness (QED) is 0.171. The smallest absolute Gasteiger partial charge is 0.0726 e. The minimum absolute atomic E-state index is 0.0625. The maximum Gasteiger partial charge on any atom is 0.0726 e. The molecule has 0 N–H and O–H groups in total. The predicted octanol–water partition coefficient (Wildman–Crippen LogP) is 16.6. The van der Waals surface area contributed by atoms with E-state index in [1.807, 2.05) is 0 Å². The summed E-state index contributed by atoms with van der Waals surface area (Å²) in [6.07, 6.45) is 5.30. The van der Waals surface area contributed by atoms with Crippen LogP contribution in [0.3, 0.4) is 0 Å². The Bertz CT molecular complexity index is 3500. The molecule has 0 radical (unpaired) electrons. The number of fused-ring (bicyclic) bond motifs is 21. The molecule has 0 aliphatic heterocycles. The van der Waals surface area contributed by atoms with Crippen molar-refractivity contribution in [1.29, 1.82) is 0 Å². The molecule has 15 rings (SSSR count). The number of para-hydroxylation sites is 1. The van der Waals surface area contributed by atoms with Crippen LogP contribution in [0.15, 0.2) is 200 Å². The van der Waals surface area contributed by atoms with E-state index in [9.17, 15) is 0 Å². The molecule has 3 atom stereocenters. The average Bonchev–Trinajstić information content (AvgIpc) is 4.21. The molecule has 0 saturated heterocycles. The second-order valence-electron chi connectivity index (χ2n) is 20.7. The van der Waals surface area contributed by atoms with E-state index in [0.29, 0.717) is 5.92 Å². The van der Waals surface area contributed by atoms with Crippen LogP contribution in [0.4, 0.5) is 17.1 Å². The van der Waals surface area contributed by atoms with E-state index in [4.69, 9.17) is 0 Å². The van der Waals surface area contributed by atoms with Crippen molar-refractivity contribution in [1.82, 2.24) is 0 Å². The predicted molar refractivity (Wildman–Crippen MR) is 272 cm³/mol. The molecule has 2 bridgehead atoms. The number of rotatable bonds is 4. The summed E-state index contributed by atoms with van der Waals surface area (Å²) in [7, 11) is 0. The van der Waals surface area contributed by atoms with E-state index in [1.165, 1.54) is 137 Å². The second-order valence-corrected chi connectivity index (χ2v) is 20.7. The normalized spacial score (nSPS) is 20.6. The molecule has 2 saturated carbocycles. The molecule has 6 aliphatic rings. The molecule has 9 aromatic carbocycles. The third-order valence-corrected chi connectivity index (χ3v) is 17.5. The van der Waals surface area contributed by atoms with Gasteiger partial charge in [0.15, 0.2) is 0 Å². The van der Waals surface area contributed by atoms with Gasteiger partial charge < -0.3 is 4.90 Å². The van der Waals surface area contributed by atoms with Crippen molar-refractivity contribution in [2.45, 2.75) is 55.8 Å². The summed E-state index contributed by atoms with van der Waals surface area (Å²) in [6, 6.07) is 77.3. The Morgan fingerprint density at radius 3 is 1.39 bits per heavy atom. The molecule has 66 heavy (non-hydrogen) atoms. The summed E-state index contributed by atoms with van der Waals surface area (Å²) in [5.41, 5.74) is 27.9. The summed E-state index contributed by atoms with van der Waals surface area (Å²) in [6.45, 7) is 4.84. The zero-order valence-electron chi connectivity index (χ0n) is 37.5. The third-order valence-electron chi connectivity index (χ3n) is 17.5. The van der Waals surface area contributed by atoms with Crippen LogP contribution in [0.5, 0.6) is 0 Å². The maximum absolute atomic E-state index is 2.64. The molecule has 2 spiro atoms. The van der Waals surface area contributed by atoms with Gasteiger partial charge in [-0.15, -0.1) is 0 Å². The van der Waals surface area contributed by atoms with E-state index < -0.39 is 5.41 Å². The summed E-state index contributed by atoms with van der Waals surface area (Å²) in [5.74, 6) is 1.48. The molecule has 0 heterocycles. The van der Waals surface area contributed by atoms with E-state index in [-0.39, 0.29) is 10.8 Å². The number of anilines is 3.